The van der Waals surface area contributed by atoms with Gasteiger partial charge in [0.1, 0.15) is 12.6 Å². The maximum atomic E-state index is 11.8. The normalized spacial score (nSPS) is 22.6. The summed E-state index contributed by atoms with van der Waals surface area (Å²) in [5.74, 6) is -0.370. The van der Waals surface area contributed by atoms with Gasteiger partial charge in [-0.1, -0.05) is 50.1 Å². The van der Waals surface area contributed by atoms with Crippen LogP contribution in [0.25, 0.3) is 0 Å². The van der Waals surface area contributed by atoms with Gasteiger partial charge in [0.05, 0.1) is 0 Å². The van der Waals surface area contributed by atoms with Crippen LogP contribution in [0.3, 0.4) is 0 Å². The number of nitrogens with one attached hydrogen (secondary N) is 1. The van der Waals surface area contributed by atoms with Crippen LogP contribution in [0.2, 0.25) is 0 Å². The molecule has 2 N–H and O–H groups in total. The molecule has 1 saturated carbocycles. The Balaban J connectivity index is 1.85. The summed E-state index contributed by atoms with van der Waals surface area (Å²) in [6.45, 7) is 2.31. The molecule has 0 spiro atoms. The highest BCUT2D eigenvalue weighted by atomic mass is 16.5. The first kappa shape index (κ1) is 16.3. The van der Waals surface area contributed by atoms with Crippen LogP contribution in [0.5, 0.6) is 0 Å². The van der Waals surface area contributed by atoms with E-state index in [1.807, 2.05) is 30.3 Å². The molecular weight excluding hydrogens is 282 g/mol. The summed E-state index contributed by atoms with van der Waals surface area (Å²) in [6.07, 6.45) is 3.01. The average Bonchev–Trinajstić information content (AvgIpc) is 2.52. The molecule has 0 heterocycles. The largest absolute Gasteiger partial charge is 0.480 e. The number of carboxylic acids is 1. The number of amides is 1. The van der Waals surface area contributed by atoms with Crippen LogP contribution in [0.15, 0.2) is 30.3 Å². The van der Waals surface area contributed by atoms with Gasteiger partial charge in [0, 0.05) is 0 Å². The van der Waals surface area contributed by atoms with Crippen LogP contribution in [0.1, 0.15) is 38.2 Å². The molecule has 0 unspecified atom stereocenters. The van der Waals surface area contributed by atoms with Gasteiger partial charge in [-0.2, -0.15) is 0 Å². The van der Waals surface area contributed by atoms with Crippen LogP contribution < -0.4 is 5.32 Å². The quantitative estimate of drug-likeness (QED) is 0.876. The van der Waals surface area contributed by atoms with Crippen molar-refractivity contribution in [3.05, 3.63) is 35.9 Å². The van der Waals surface area contributed by atoms with Gasteiger partial charge in [-0.05, 0) is 30.2 Å². The Labute approximate surface area is 130 Å². The molecule has 5 nitrogen and oxygen atoms in total. The van der Waals surface area contributed by atoms with E-state index in [-0.39, 0.29) is 12.5 Å². The van der Waals surface area contributed by atoms with Gasteiger partial charge in [0.25, 0.3) is 0 Å². The highest BCUT2D eigenvalue weighted by Gasteiger charge is 2.32. The maximum absolute atomic E-state index is 11.8. The van der Waals surface area contributed by atoms with Crippen LogP contribution in [-0.4, -0.2) is 23.2 Å². The van der Waals surface area contributed by atoms with Gasteiger partial charge in [-0.15, -0.1) is 0 Å². The second-order valence-corrected chi connectivity index (χ2v) is 6.04. The minimum atomic E-state index is -0.990. The molecule has 1 aliphatic carbocycles. The molecule has 5 heteroatoms. The number of alkyl carbamates (subject to hydrolysis) is 1. The van der Waals surface area contributed by atoms with Gasteiger partial charge in [-0.25, -0.2) is 9.59 Å². The summed E-state index contributed by atoms with van der Waals surface area (Å²) in [6, 6.07) is 8.44. The smallest absolute Gasteiger partial charge is 0.408 e. The van der Waals surface area contributed by atoms with E-state index in [0.29, 0.717) is 5.92 Å². The molecule has 0 aliphatic heterocycles. The van der Waals surface area contributed by atoms with Crippen LogP contribution >= 0.6 is 0 Å². The summed E-state index contributed by atoms with van der Waals surface area (Å²) in [5.41, 5.74) is 0.871. The highest BCUT2D eigenvalue weighted by molar-refractivity contribution is 5.80. The number of carboxylic acid groups (broad SMARTS) is 1. The zero-order valence-corrected chi connectivity index (χ0v) is 12.8. The molecule has 0 radical (unpaired) electrons. The number of benzene rings is 1. The molecule has 0 saturated heterocycles. The fourth-order valence-electron chi connectivity index (χ4n) is 2.89. The summed E-state index contributed by atoms with van der Waals surface area (Å²) in [7, 11) is 0. The second kappa shape index (κ2) is 7.82. The summed E-state index contributed by atoms with van der Waals surface area (Å²) in [4.78, 5) is 23.3. The topological polar surface area (TPSA) is 75.6 Å². The third-order valence-corrected chi connectivity index (χ3v) is 4.28. The minimum absolute atomic E-state index is 0.0158. The van der Waals surface area contributed by atoms with Crippen LogP contribution in [0.4, 0.5) is 4.79 Å². The van der Waals surface area contributed by atoms with E-state index in [4.69, 9.17) is 4.74 Å². The molecule has 0 bridgehead atoms. The van der Waals surface area contributed by atoms with Gasteiger partial charge in [0.2, 0.25) is 0 Å². The summed E-state index contributed by atoms with van der Waals surface area (Å²) < 4.78 is 5.11. The Morgan fingerprint density at radius 3 is 2.45 bits per heavy atom. The van der Waals surface area contributed by atoms with Crippen molar-refractivity contribution in [3.63, 3.8) is 0 Å². The Morgan fingerprint density at radius 1 is 1.23 bits per heavy atom. The van der Waals surface area contributed by atoms with Crippen LogP contribution in [-0.2, 0) is 16.1 Å². The van der Waals surface area contributed by atoms with Crippen molar-refractivity contribution in [2.75, 3.05) is 0 Å². The van der Waals surface area contributed by atoms with E-state index < -0.39 is 18.1 Å². The predicted molar refractivity (Wildman–Crippen MR) is 82.3 cm³/mol. The monoisotopic (exact) mass is 305 g/mol. The lowest BCUT2D eigenvalue weighted by Crippen LogP contribution is -2.47. The van der Waals surface area contributed by atoms with E-state index in [0.717, 1.165) is 31.2 Å². The predicted octanol–water partition coefficient (Wildman–Crippen LogP) is 3.19. The third-order valence-electron chi connectivity index (χ3n) is 4.28. The first-order valence-electron chi connectivity index (χ1n) is 7.76. The SMILES string of the molecule is C[C@H]1CC[C@H]([C@H](NC(=O)OCc2ccccc2)C(=O)O)CC1. The third kappa shape index (κ3) is 4.76. The molecule has 22 heavy (non-hydrogen) atoms. The number of ether oxygens (including phenoxy) is 1. The van der Waals surface area contributed by atoms with Crippen molar-refractivity contribution >= 4 is 12.1 Å². The number of hydrogen-bond acceptors (Lipinski definition) is 3. The van der Waals surface area contributed by atoms with E-state index in [2.05, 4.69) is 12.2 Å². The molecule has 0 aromatic heterocycles. The summed E-state index contributed by atoms with van der Waals surface area (Å²) in [5, 5.41) is 11.9. The number of carbonyl (C=O) groups excluding carboxylic acids is 1. The Kier molecular flexibility index (Phi) is 5.81. The van der Waals surface area contributed by atoms with E-state index in [1.54, 1.807) is 0 Å². The summed E-state index contributed by atoms with van der Waals surface area (Å²) >= 11 is 0. The number of carbonyl (C=O) groups is 2. The molecular formula is C17H23NO4. The van der Waals surface area contributed by atoms with Crippen molar-refractivity contribution in [2.24, 2.45) is 11.8 Å². The van der Waals surface area contributed by atoms with Gasteiger partial charge in [-0.3, -0.25) is 0 Å². The fourth-order valence-corrected chi connectivity index (χ4v) is 2.89. The number of rotatable bonds is 5. The molecule has 1 aliphatic rings. The first-order valence-corrected chi connectivity index (χ1v) is 7.76. The average molecular weight is 305 g/mol. The van der Waals surface area contributed by atoms with Gasteiger partial charge < -0.3 is 15.2 Å². The molecule has 1 amide bonds. The lowest BCUT2D eigenvalue weighted by Gasteiger charge is -2.30. The fraction of sp³-hybridized carbons (Fsp3) is 0.529. The van der Waals surface area contributed by atoms with E-state index in [1.165, 1.54) is 0 Å². The molecule has 1 aromatic carbocycles. The van der Waals surface area contributed by atoms with Crippen LogP contribution in [0, 0.1) is 11.8 Å². The van der Waals surface area contributed by atoms with Crippen molar-refractivity contribution in [3.8, 4) is 0 Å². The second-order valence-electron chi connectivity index (χ2n) is 6.04. The highest BCUT2D eigenvalue weighted by Crippen LogP contribution is 2.30. The van der Waals surface area contributed by atoms with Crippen molar-refractivity contribution in [1.82, 2.24) is 5.32 Å². The molecule has 120 valence electrons. The molecule has 2 rings (SSSR count). The Bertz CT molecular complexity index is 495. The molecule has 1 fully saturated rings. The standard InChI is InChI=1S/C17H23NO4/c1-12-7-9-14(10-8-12)15(16(19)20)18-17(21)22-11-13-5-3-2-4-6-13/h2-6,12,14-15H,7-11H2,1H3,(H,18,21)(H,19,20)/t12-,14-,15-/m0/s1. The van der Waals surface area contributed by atoms with E-state index >= 15 is 0 Å². The van der Waals surface area contributed by atoms with Crippen molar-refractivity contribution in [1.29, 1.82) is 0 Å². The Hall–Kier alpha value is -2.04. The van der Waals surface area contributed by atoms with Crippen molar-refractivity contribution < 1.29 is 19.4 Å². The zero-order chi connectivity index (χ0) is 15.9. The minimum Gasteiger partial charge on any atom is -0.480 e. The van der Waals surface area contributed by atoms with E-state index in [9.17, 15) is 14.7 Å². The lowest BCUT2D eigenvalue weighted by atomic mass is 9.79. The maximum Gasteiger partial charge on any atom is 0.408 e. The van der Waals surface area contributed by atoms with Gasteiger partial charge in [0.15, 0.2) is 0 Å². The number of hydrogen-bond donors (Lipinski definition) is 2. The molecule has 1 aromatic rings. The van der Waals surface area contributed by atoms with Gasteiger partial charge >= 0.3 is 12.1 Å². The van der Waals surface area contributed by atoms with Crippen molar-refractivity contribution in [2.45, 2.75) is 45.3 Å². The lowest BCUT2D eigenvalue weighted by molar-refractivity contribution is -0.141. The Morgan fingerprint density at radius 2 is 1.86 bits per heavy atom. The zero-order valence-electron chi connectivity index (χ0n) is 12.8. The first-order chi connectivity index (χ1) is 10.6. The molecule has 1 atom stereocenters. The number of aliphatic carboxylic acids is 1.